The number of nitrogens with zero attached hydrogens (tertiary/aromatic N) is 19. The zero-order valence-corrected chi connectivity index (χ0v) is 69.9. The summed E-state index contributed by atoms with van der Waals surface area (Å²) in [4.78, 5) is 19.6. The number of aromatic nitrogens is 18. The molecule has 622 valence electrons. The van der Waals surface area contributed by atoms with Gasteiger partial charge in [-0.25, -0.2) is 42.7 Å². The van der Waals surface area contributed by atoms with Crippen LogP contribution in [0.25, 0.3) is 68.4 Å². The van der Waals surface area contributed by atoms with Crippen molar-refractivity contribution in [1.82, 2.24) is 92.2 Å². The third kappa shape index (κ3) is 14.6. The van der Waals surface area contributed by atoms with Crippen molar-refractivity contribution in [2.45, 2.75) is 160 Å². The molecule has 5 atom stereocenters. The van der Waals surface area contributed by atoms with Gasteiger partial charge in [-0.3, -0.25) is 25.5 Å². The number of anilines is 5. The zero-order valence-electron chi connectivity index (χ0n) is 68.3. The van der Waals surface area contributed by atoms with Gasteiger partial charge in [0.25, 0.3) is 0 Å². The molecule has 33 nitrogen and oxygen atoms in total. The van der Waals surface area contributed by atoms with Crippen LogP contribution >= 0.6 is 15.9 Å². The van der Waals surface area contributed by atoms with Gasteiger partial charge in [-0.1, -0.05) is 139 Å². The lowest BCUT2D eigenvalue weighted by molar-refractivity contribution is 0.315. The normalized spacial score (nSPS) is 19.8. The quantitative estimate of drug-likeness (QED) is 0.0474. The molecule has 9 aromatic heterocycles. The Morgan fingerprint density at radius 3 is 0.880 bits per heavy atom. The van der Waals surface area contributed by atoms with E-state index in [1.807, 2.05) is 84.9 Å². The fraction of sp³-hybridized carbons (Fsp3) is 0.330. The van der Waals surface area contributed by atoms with Crippen molar-refractivity contribution in [3.63, 3.8) is 0 Å². The monoisotopic (exact) mass is 1720 g/mol. The minimum atomic E-state index is -0.262. The first-order valence-corrected chi connectivity index (χ1v) is 42.8. The fourth-order valence-corrected chi connectivity index (χ4v) is 19.6. The summed E-state index contributed by atoms with van der Waals surface area (Å²) in [6, 6.07) is 30.9. The van der Waals surface area contributed by atoms with Gasteiger partial charge in [-0.2, -0.15) is 30.8 Å². The lowest BCUT2D eigenvalue weighted by Gasteiger charge is -2.35. The summed E-state index contributed by atoms with van der Waals surface area (Å²) >= 11 is 3.56. The average molecular weight is 1730 g/mol. The van der Waals surface area contributed by atoms with Crippen molar-refractivity contribution in [1.29, 1.82) is 5.26 Å². The highest BCUT2D eigenvalue weighted by molar-refractivity contribution is 9.10. The van der Waals surface area contributed by atoms with Crippen LogP contribution in [0.2, 0.25) is 0 Å². The number of halogens is 1. The first-order valence-electron chi connectivity index (χ1n) is 42.0. The van der Waals surface area contributed by atoms with Crippen LogP contribution in [0.4, 0.5) is 29.1 Å². The lowest BCUT2D eigenvalue weighted by Crippen LogP contribution is -2.26. The van der Waals surface area contributed by atoms with E-state index < -0.39 is 0 Å². The van der Waals surface area contributed by atoms with Crippen molar-refractivity contribution < 1.29 is 18.5 Å². The van der Waals surface area contributed by atoms with E-state index >= 15 is 0 Å². The molecule has 23 rings (SSSR count). The Morgan fingerprint density at radius 2 is 0.600 bits per heavy atom. The molecule has 4 fully saturated rings. The summed E-state index contributed by atoms with van der Waals surface area (Å²) in [7, 11) is 0. The smallest absolute Gasteiger partial charge is 0.196 e. The summed E-state index contributed by atoms with van der Waals surface area (Å²) < 4.78 is 20.5. The summed E-state index contributed by atoms with van der Waals surface area (Å²) in [6.45, 7) is 45.5. The van der Waals surface area contributed by atoms with Gasteiger partial charge in [0.1, 0.15) is 79.3 Å². The van der Waals surface area contributed by atoms with Crippen molar-refractivity contribution in [2.75, 3.05) is 26.6 Å². The molecule has 5 aliphatic heterocycles. The van der Waals surface area contributed by atoms with Crippen LogP contribution in [0.3, 0.4) is 0 Å². The molecule has 0 spiro atoms. The maximum atomic E-state index is 9.32. The van der Waals surface area contributed by atoms with Crippen LogP contribution < -0.4 is 26.6 Å². The molecule has 14 heterocycles. The fourth-order valence-electron chi connectivity index (χ4n) is 19.0. The Bertz CT molecular complexity index is 6920. The number of hydrogen-bond acceptors (Lipinski definition) is 23. The molecule has 0 saturated heterocycles. The highest BCUT2D eigenvalue weighted by Gasteiger charge is 2.43. The lowest BCUT2D eigenvalue weighted by atomic mass is 9.77. The third-order valence-electron chi connectivity index (χ3n) is 25.5. The number of allylic oxidation sites excluding steroid dienone is 10. The molecule has 0 radical (unpaired) electrons. The predicted molar refractivity (Wildman–Crippen MR) is 466 cm³/mol. The minimum Gasteiger partial charge on any atom is -0.354 e. The predicted octanol–water partition coefficient (Wildman–Crippen LogP) is 20.5. The maximum Gasteiger partial charge on any atom is 0.196 e. The third-order valence-corrected chi connectivity index (χ3v) is 26.4. The summed E-state index contributed by atoms with van der Waals surface area (Å²) in [5.74, 6) is 4.76. The molecular weight excluding hydrogens is 1640 g/mol. The average Bonchev–Trinajstić information content (AvgIpc) is 1.73. The number of fused-ring (bicyclic) bond motifs is 9. The molecule has 5 aromatic carbocycles. The topological polar surface area (TPSA) is 405 Å². The molecule has 9 aliphatic rings. The molecule has 0 amide bonds. The Labute approximate surface area is 724 Å². The number of H-pyrrole nitrogens is 5. The Kier molecular flexibility index (Phi) is 21.7. The number of nitriles is 1. The molecule has 14 aromatic rings. The number of nitrogens with one attached hydrogen (secondary N) is 10. The molecule has 4 aliphatic carbocycles. The van der Waals surface area contributed by atoms with Crippen molar-refractivity contribution in [3.05, 3.63) is 302 Å². The number of hydrogen-bond donors (Lipinski definition) is 10. The second-order valence-electron chi connectivity index (χ2n) is 33.6. The van der Waals surface area contributed by atoms with Crippen molar-refractivity contribution >= 4 is 89.2 Å². The van der Waals surface area contributed by atoms with Gasteiger partial charge in [-0.05, 0) is 196 Å². The van der Waals surface area contributed by atoms with Gasteiger partial charge in [0, 0.05) is 60.8 Å². The van der Waals surface area contributed by atoms with E-state index in [1.54, 1.807) is 37.1 Å². The first kappa shape index (κ1) is 79.6. The van der Waals surface area contributed by atoms with E-state index in [0.717, 1.165) is 186 Å². The van der Waals surface area contributed by atoms with Crippen LogP contribution in [-0.2, 0) is 0 Å². The van der Waals surface area contributed by atoms with Crippen LogP contribution in [0, 0.1) is 73.3 Å². The van der Waals surface area contributed by atoms with Gasteiger partial charge in [0.2, 0.25) is 0 Å². The minimum absolute atomic E-state index is 0.205. The zero-order chi connectivity index (χ0) is 85.4. The second-order valence-corrected chi connectivity index (χ2v) is 34.4. The highest BCUT2D eigenvalue weighted by atomic mass is 79.9. The van der Waals surface area contributed by atoms with E-state index in [0.29, 0.717) is 84.8 Å². The molecule has 10 N–H and O–H groups in total. The maximum absolute atomic E-state index is 9.32. The van der Waals surface area contributed by atoms with Crippen LogP contribution in [0.1, 0.15) is 221 Å². The molecule has 34 heteroatoms. The van der Waals surface area contributed by atoms with Gasteiger partial charge in [0.15, 0.2) is 28.5 Å². The van der Waals surface area contributed by atoms with Crippen LogP contribution in [-0.4, -0.2) is 92.2 Å². The van der Waals surface area contributed by atoms with Gasteiger partial charge >= 0.3 is 0 Å². The SMILES string of the molecule is [C-]#[N+]C1=C(C(C)(C)C)Nc2[nH]ncc2C1c1cccc2nonc12.[C-]#[N+]C1=C(C2CCC2)Nc2[nH]ncc2C1c1cccc(C#N)c1Br.[C-]#[N+]C1=C(C2CCC2)Nc2[nH]ncc2C1c1cccc2nonc12.[C-]#[N+]C1=C(C2CCCCC2)Nc2[nH]ncc2C1c1cccc2nonc12.[C-]#[N+]C1=C(C2CCCCCC2)Nc2[nH]ncc2C1c1cccc2nonc12. The molecular formula is C91H82BrN29O4. The molecule has 0 bridgehead atoms. The Morgan fingerprint density at radius 1 is 0.336 bits per heavy atom. The van der Waals surface area contributed by atoms with Crippen molar-refractivity contribution in [2.24, 2.45) is 29.1 Å². The first-order chi connectivity index (χ1) is 61.3. The largest absolute Gasteiger partial charge is 0.354 e. The Hall–Kier alpha value is -15.1. The van der Waals surface area contributed by atoms with Gasteiger partial charge in [0.05, 0.1) is 99.0 Å². The molecule has 125 heavy (non-hydrogen) atoms. The standard InChI is InChI=1S/C20H20N6O.C19H18N6O.C18H14BrN5.C17H14N6O.C17H16N6O/c1-21-19-16(13-9-6-10-15-18(13)26-27-25-15)14-11-22-24-20(14)23-17(19)12-7-4-2-3-5-8-12;1-20-18-15(12-8-5-9-14-17(12)25-26-24-14)13-10-21-23-19(13)22-16(18)11-6-3-2-4-7-11;1-21-17-14(12-7-3-6-11(8-20)15(12)19)13-9-22-24-18(13)23-16(17)10-4-2-5-10;1-18-16-13(10-6-3-7-12-15(10)23-24-22-12)11-8-19-21-17(11)20-14(16)9-4-2-5-9;1-17(2,3)15-14(18-4)12(10-8-19-21-16(10)20-15)9-6-5-7-11-13(9)23-24-22-11/h6,9-12,16H,2-5,7-8H2,(H2,22,23,24);5,8-11,15H,2-4,6-7H2,(H2,21,22,23);3,6-7,9-10,14H,2,4-5H2,(H2,22,23,24);3,6-9,13H,2,4-5H2,(H2,19,20,21);5-8,12H,1-3H3,(H2,19,20,21). The van der Waals surface area contributed by atoms with E-state index in [-0.39, 0.29) is 35.0 Å². The number of rotatable bonds is 9. The van der Waals surface area contributed by atoms with E-state index in [2.05, 4.69) is 186 Å². The Balaban J connectivity index is 0.000000102. The van der Waals surface area contributed by atoms with Gasteiger partial charge < -0.3 is 26.6 Å². The van der Waals surface area contributed by atoms with Gasteiger partial charge in [-0.15, -0.1) is 0 Å². The number of benzene rings is 5. The highest BCUT2D eigenvalue weighted by Crippen LogP contribution is 2.54. The van der Waals surface area contributed by atoms with E-state index in [1.165, 1.54) is 57.8 Å². The van der Waals surface area contributed by atoms with E-state index in [4.69, 9.17) is 51.4 Å². The second kappa shape index (κ2) is 34.1. The summed E-state index contributed by atoms with van der Waals surface area (Å²) in [5, 5.41) is 94.6. The molecule has 5 unspecified atom stereocenters. The molecule has 4 saturated carbocycles. The van der Waals surface area contributed by atoms with E-state index in [9.17, 15) is 5.26 Å². The van der Waals surface area contributed by atoms with Crippen LogP contribution in [0.5, 0.6) is 0 Å². The number of aromatic amines is 5. The summed E-state index contributed by atoms with van der Waals surface area (Å²) in [5.41, 5.74) is 23.9. The summed E-state index contributed by atoms with van der Waals surface area (Å²) in [6.07, 6.45) is 28.9. The van der Waals surface area contributed by atoms with Crippen LogP contribution in [0.15, 0.2) is 202 Å². The van der Waals surface area contributed by atoms with Crippen molar-refractivity contribution in [3.8, 4) is 6.07 Å².